The SMILES string of the molecule is O=C1c2ccccc2C(Cc2ccccc2)CC1C(F)(F)C(F)(F)C(F)(F)C(F)(F)F. The van der Waals surface area contributed by atoms with Crippen LogP contribution in [-0.2, 0) is 6.42 Å². The van der Waals surface area contributed by atoms with Crippen LogP contribution < -0.4 is 0 Å². The maximum atomic E-state index is 14.6. The van der Waals surface area contributed by atoms with Gasteiger partial charge in [-0.25, -0.2) is 0 Å². The van der Waals surface area contributed by atoms with Crippen molar-refractivity contribution < 1.29 is 44.3 Å². The number of hydrogen-bond donors (Lipinski definition) is 0. The van der Waals surface area contributed by atoms with Crippen LogP contribution in [0.2, 0.25) is 0 Å². The second-order valence-electron chi connectivity index (χ2n) is 7.40. The van der Waals surface area contributed by atoms with Gasteiger partial charge in [-0.2, -0.15) is 39.5 Å². The van der Waals surface area contributed by atoms with Gasteiger partial charge < -0.3 is 0 Å². The van der Waals surface area contributed by atoms with Gasteiger partial charge in [-0.15, -0.1) is 0 Å². The third kappa shape index (κ3) is 3.70. The van der Waals surface area contributed by atoms with Crippen LogP contribution in [0, 0.1) is 5.92 Å². The minimum atomic E-state index is -7.03. The normalized spacial score (nSPS) is 20.5. The summed E-state index contributed by atoms with van der Waals surface area (Å²) in [7, 11) is 0. The molecule has 0 fully saturated rings. The molecule has 2 unspecified atom stereocenters. The summed E-state index contributed by atoms with van der Waals surface area (Å²) in [6.07, 6.45) is -7.95. The van der Waals surface area contributed by atoms with E-state index in [1.54, 1.807) is 30.3 Å². The van der Waals surface area contributed by atoms with Crippen molar-refractivity contribution in [2.24, 2.45) is 5.92 Å². The third-order valence-corrected chi connectivity index (χ3v) is 5.43. The Balaban J connectivity index is 2.06. The van der Waals surface area contributed by atoms with Gasteiger partial charge in [0.25, 0.3) is 0 Å². The number of hydrogen-bond acceptors (Lipinski definition) is 1. The summed E-state index contributed by atoms with van der Waals surface area (Å²) < 4.78 is 121. The van der Waals surface area contributed by atoms with Crippen molar-refractivity contribution in [1.29, 1.82) is 0 Å². The maximum absolute atomic E-state index is 14.6. The number of halogens is 9. The van der Waals surface area contributed by atoms with Crippen molar-refractivity contribution in [2.45, 2.75) is 42.7 Å². The lowest BCUT2D eigenvalue weighted by Gasteiger charge is -2.40. The Labute approximate surface area is 170 Å². The fraction of sp³-hybridized carbons (Fsp3) is 0.381. The highest BCUT2D eigenvalue weighted by Gasteiger charge is 2.83. The van der Waals surface area contributed by atoms with E-state index < -0.39 is 53.5 Å². The molecule has 31 heavy (non-hydrogen) atoms. The van der Waals surface area contributed by atoms with Gasteiger partial charge in [0.1, 0.15) is 0 Å². The predicted octanol–water partition coefficient (Wildman–Crippen LogP) is 6.68. The van der Waals surface area contributed by atoms with Gasteiger partial charge >= 0.3 is 23.9 Å². The van der Waals surface area contributed by atoms with Gasteiger partial charge in [-0.05, 0) is 29.9 Å². The zero-order chi connectivity index (χ0) is 23.2. The third-order valence-electron chi connectivity index (χ3n) is 5.43. The number of alkyl halides is 9. The van der Waals surface area contributed by atoms with Gasteiger partial charge in [0, 0.05) is 5.56 Å². The molecule has 0 spiro atoms. The molecular weight excluding hydrogens is 439 g/mol. The molecule has 0 aliphatic heterocycles. The van der Waals surface area contributed by atoms with Crippen LogP contribution in [0.25, 0.3) is 0 Å². The van der Waals surface area contributed by atoms with Gasteiger partial charge in [0.15, 0.2) is 5.78 Å². The van der Waals surface area contributed by atoms with Gasteiger partial charge in [-0.1, -0.05) is 54.6 Å². The van der Waals surface area contributed by atoms with Crippen LogP contribution in [0.5, 0.6) is 0 Å². The standard InChI is InChI=1S/C21H15F9O/c22-18(23,19(24,25)20(26,27)21(28,29)30)16-11-13(10-12-6-2-1-3-7-12)14-8-4-5-9-15(14)17(16)31/h1-9,13,16H,10-11H2. The van der Waals surface area contributed by atoms with Crippen molar-refractivity contribution >= 4 is 5.78 Å². The summed E-state index contributed by atoms with van der Waals surface area (Å²) in [6.45, 7) is 0. The first-order valence-corrected chi connectivity index (χ1v) is 9.09. The second-order valence-corrected chi connectivity index (χ2v) is 7.40. The molecule has 0 bridgehead atoms. The minimum absolute atomic E-state index is 0.00104. The monoisotopic (exact) mass is 454 g/mol. The number of rotatable bonds is 5. The number of carbonyl (C=O) groups is 1. The number of carbonyl (C=O) groups excluding carboxylic acids is 1. The summed E-state index contributed by atoms with van der Waals surface area (Å²) in [5, 5.41) is 0. The molecule has 2 atom stereocenters. The Kier molecular flexibility index (Phi) is 5.65. The average Bonchev–Trinajstić information content (AvgIpc) is 2.69. The van der Waals surface area contributed by atoms with Crippen LogP contribution in [-0.4, -0.2) is 29.7 Å². The molecule has 0 aromatic heterocycles. The van der Waals surface area contributed by atoms with Gasteiger partial charge in [-0.3, -0.25) is 4.79 Å². The van der Waals surface area contributed by atoms with E-state index in [0.717, 1.165) is 6.07 Å². The van der Waals surface area contributed by atoms with E-state index in [4.69, 9.17) is 0 Å². The zero-order valence-electron chi connectivity index (χ0n) is 15.6. The summed E-state index contributed by atoms with van der Waals surface area (Å²) >= 11 is 0. The smallest absolute Gasteiger partial charge is 0.294 e. The first-order valence-electron chi connectivity index (χ1n) is 9.09. The summed E-state index contributed by atoms with van der Waals surface area (Å²) in [5.41, 5.74) is 0.436. The Morgan fingerprint density at radius 2 is 1.29 bits per heavy atom. The summed E-state index contributed by atoms with van der Waals surface area (Å²) in [5.74, 6) is -25.4. The Morgan fingerprint density at radius 1 is 0.742 bits per heavy atom. The molecular formula is C21H15F9O. The van der Waals surface area contributed by atoms with E-state index in [1.807, 2.05) is 0 Å². The molecule has 0 amide bonds. The highest BCUT2D eigenvalue weighted by Crippen LogP contribution is 2.57. The van der Waals surface area contributed by atoms with Crippen molar-refractivity contribution in [3.05, 3.63) is 71.3 Å². The lowest BCUT2D eigenvalue weighted by atomic mass is 9.70. The van der Waals surface area contributed by atoms with Crippen molar-refractivity contribution in [3.63, 3.8) is 0 Å². The van der Waals surface area contributed by atoms with E-state index in [0.29, 0.717) is 5.56 Å². The maximum Gasteiger partial charge on any atom is 0.460 e. The molecule has 0 saturated heterocycles. The minimum Gasteiger partial charge on any atom is -0.294 e. The van der Waals surface area contributed by atoms with E-state index in [1.165, 1.54) is 18.2 Å². The van der Waals surface area contributed by atoms with Crippen LogP contribution >= 0.6 is 0 Å². The lowest BCUT2D eigenvalue weighted by Crippen LogP contribution is -2.64. The van der Waals surface area contributed by atoms with Crippen LogP contribution in [0.4, 0.5) is 39.5 Å². The fourth-order valence-electron chi connectivity index (χ4n) is 3.79. The van der Waals surface area contributed by atoms with E-state index in [2.05, 4.69) is 0 Å². The van der Waals surface area contributed by atoms with E-state index in [-0.39, 0.29) is 12.0 Å². The number of fused-ring (bicyclic) bond motifs is 1. The van der Waals surface area contributed by atoms with Gasteiger partial charge in [0.05, 0.1) is 5.92 Å². The number of ketones is 1. The van der Waals surface area contributed by atoms with Crippen LogP contribution in [0.15, 0.2) is 54.6 Å². The van der Waals surface area contributed by atoms with Crippen molar-refractivity contribution in [1.82, 2.24) is 0 Å². The number of benzene rings is 2. The quantitative estimate of drug-likeness (QED) is 0.461. The molecule has 10 heteroatoms. The second kappa shape index (κ2) is 7.56. The van der Waals surface area contributed by atoms with Crippen molar-refractivity contribution in [3.8, 4) is 0 Å². The predicted molar refractivity (Wildman–Crippen MR) is 92.7 cm³/mol. The zero-order valence-corrected chi connectivity index (χ0v) is 15.6. The Hall–Kier alpha value is -2.52. The molecule has 0 heterocycles. The first kappa shape index (κ1) is 23.1. The Morgan fingerprint density at radius 3 is 1.87 bits per heavy atom. The molecule has 0 N–H and O–H groups in total. The molecule has 0 radical (unpaired) electrons. The summed E-state index contributed by atoms with van der Waals surface area (Å²) in [4.78, 5) is 12.5. The van der Waals surface area contributed by atoms with Crippen LogP contribution in [0.3, 0.4) is 0 Å². The van der Waals surface area contributed by atoms with E-state index >= 15 is 0 Å². The molecule has 168 valence electrons. The van der Waals surface area contributed by atoms with E-state index in [9.17, 15) is 44.3 Å². The lowest BCUT2D eigenvalue weighted by molar-refractivity contribution is -0.400. The van der Waals surface area contributed by atoms with Gasteiger partial charge in [0.2, 0.25) is 0 Å². The highest BCUT2D eigenvalue weighted by atomic mass is 19.4. The molecule has 1 nitrogen and oxygen atoms in total. The first-order chi connectivity index (χ1) is 14.2. The molecule has 1 aliphatic rings. The largest absolute Gasteiger partial charge is 0.460 e. The molecule has 2 aromatic rings. The molecule has 3 rings (SSSR count). The molecule has 1 aliphatic carbocycles. The topological polar surface area (TPSA) is 17.1 Å². The Bertz CT molecular complexity index is 951. The fourth-order valence-corrected chi connectivity index (χ4v) is 3.79. The molecule has 0 saturated carbocycles. The molecule has 2 aromatic carbocycles. The highest BCUT2D eigenvalue weighted by molar-refractivity contribution is 6.01. The van der Waals surface area contributed by atoms with Crippen LogP contribution in [0.1, 0.15) is 33.8 Å². The average molecular weight is 454 g/mol. The number of Topliss-reactive ketones (excluding diaryl/α,β-unsaturated/α-hetero) is 1. The summed E-state index contributed by atoms with van der Waals surface area (Å²) in [6, 6.07) is 13.4. The van der Waals surface area contributed by atoms with Crippen molar-refractivity contribution in [2.75, 3.05) is 0 Å².